The first-order chi connectivity index (χ1) is 10.6. The van der Waals surface area contributed by atoms with Crippen molar-refractivity contribution in [2.45, 2.75) is 25.4 Å². The fourth-order valence-electron chi connectivity index (χ4n) is 3.45. The molecule has 0 bridgehead atoms. The lowest BCUT2D eigenvalue weighted by molar-refractivity contribution is -0.126. The lowest BCUT2D eigenvalue weighted by Gasteiger charge is -2.37. The second kappa shape index (κ2) is 4.70. The number of carbonyl (C=O) groups excluding carboxylic acids is 2. The molecule has 4 nitrogen and oxygen atoms in total. The van der Waals surface area contributed by atoms with Gasteiger partial charge in [0.05, 0.1) is 0 Å². The van der Waals surface area contributed by atoms with Crippen LogP contribution in [0.3, 0.4) is 0 Å². The van der Waals surface area contributed by atoms with Gasteiger partial charge >= 0.3 is 0 Å². The molecule has 0 saturated carbocycles. The summed E-state index contributed by atoms with van der Waals surface area (Å²) < 4.78 is 0. The van der Waals surface area contributed by atoms with Crippen molar-refractivity contribution in [1.29, 1.82) is 0 Å². The Kier molecular flexibility index (Phi) is 2.79. The molecule has 0 radical (unpaired) electrons. The summed E-state index contributed by atoms with van der Waals surface area (Å²) in [6.45, 7) is 4.28. The minimum absolute atomic E-state index is 0.0584. The van der Waals surface area contributed by atoms with E-state index in [0.29, 0.717) is 24.9 Å². The molecule has 0 spiro atoms. The fourth-order valence-corrected chi connectivity index (χ4v) is 3.45. The summed E-state index contributed by atoms with van der Waals surface area (Å²) in [5, 5.41) is 4.86. The van der Waals surface area contributed by atoms with Crippen LogP contribution in [0, 0.1) is 0 Å². The number of piperidine rings is 1. The van der Waals surface area contributed by atoms with Crippen molar-refractivity contribution in [2.24, 2.45) is 0 Å². The van der Waals surface area contributed by atoms with Crippen LogP contribution in [-0.2, 0) is 11.3 Å². The van der Waals surface area contributed by atoms with Crippen molar-refractivity contribution in [2.75, 3.05) is 0 Å². The zero-order valence-electron chi connectivity index (χ0n) is 12.1. The molecule has 1 N–H and O–H groups in total. The van der Waals surface area contributed by atoms with Gasteiger partial charge in [-0.15, -0.1) is 0 Å². The normalized spacial score (nSPS) is 21.2. The lowest BCUT2D eigenvalue weighted by Crippen LogP contribution is -2.52. The third-order valence-electron chi connectivity index (χ3n) is 4.52. The average molecular weight is 292 g/mol. The number of nitrogens with one attached hydrogen (secondary N) is 1. The van der Waals surface area contributed by atoms with E-state index in [4.69, 9.17) is 0 Å². The summed E-state index contributed by atoms with van der Waals surface area (Å²) in [5.41, 5.74) is 2.52. The van der Waals surface area contributed by atoms with E-state index in [2.05, 4.69) is 11.9 Å². The molecule has 1 unspecified atom stereocenters. The topological polar surface area (TPSA) is 49.4 Å². The summed E-state index contributed by atoms with van der Waals surface area (Å²) in [4.78, 5) is 26.8. The van der Waals surface area contributed by atoms with Crippen molar-refractivity contribution in [3.63, 3.8) is 0 Å². The summed E-state index contributed by atoms with van der Waals surface area (Å²) in [6.07, 6.45) is 1.35. The number of hydrogen-bond donors (Lipinski definition) is 1. The van der Waals surface area contributed by atoms with Crippen molar-refractivity contribution >= 4 is 22.6 Å². The van der Waals surface area contributed by atoms with Gasteiger partial charge in [-0.05, 0) is 35.2 Å². The maximum Gasteiger partial charge on any atom is 0.255 e. The molecule has 0 aromatic heterocycles. The van der Waals surface area contributed by atoms with Crippen molar-refractivity contribution in [1.82, 2.24) is 10.2 Å². The first-order valence-corrected chi connectivity index (χ1v) is 7.45. The molecule has 110 valence electrons. The van der Waals surface area contributed by atoms with Crippen LogP contribution in [0.25, 0.3) is 10.8 Å². The summed E-state index contributed by atoms with van der Waals surface area (Å²) >= 11 is 0. The Balaban J connectivity index is 1.78. The van der Waals surface area contributed by atoms with Gasteiger partial charge in [0.2, 0.25) is 5.91 Å². The van der Waals surface area contributed by atoms with Gasteiger partial charge in [0.15, 0.2) is 0 Å². The minimum atomic E-state index is -0.415. The molecule has 2 amide bonds. The second-order valence-electron chi connectivity index (χ2n) is 5.90. The number of benzene rings is 2. The molecular formula is C18H16N2O2. The Labute approximate surface area is 128 Å². The van der Waals surface area contributed by atoms with Gasteiger partial charge in [0, 0.05) is 17.8 Å². The molecule has 22 heavy (non-hydrogen) atoms. The summed E-state index contributed by atoms with van der Waals surface area (Å²) in [5.74, 6) is -0.187. The largest absolute Gasteiger partial charge is 0.329 e. The molecule has 2 aromatic carbocycles. The van der Waals surface area contributed by atoms with Gasteiger partial charge in [-0.2, -0.15) is 0 Å². The first-order valence-electron chi connectivity index (χ1n) is 7.45. The Bertz CT molecular complexity index is 820. The van der Waals surface area contributed by atoms with E-state index in [1.807, 2.05) is 36.4 Å². The molecule has 1 saturated heterocycles. The molecule has 2 aliphatic rings. The minimum Gasteiger partial charge on any atom is -0.329 e. The zero-order chi connectivity index (χ0) is 15.3. The highest BCUT2D eigenvalue weighted by atomic mass is 16.2. The Hall–Kier alpha value is -2.62. The second-order valence-corrected chi connectivity index (χ2v) is 5.90. The van der Waals surface area contributed by atoms with Crippen LogP contribution in [-0.4, -0.2) is 22.8 Å². The highest BCUT2D eigenvalue weighted by Gasteiger charge is 2.36. The number of hydrogen-bond acceptors (Lipinski definition) is 2. The van der Waals surface area contributed by atoms with Gasteiger partial charge < -0.3 is 10.2 Å². The molecule has 0 aliphatic carbocycles. The van der Waals surface area contributed by atoms with E-state index in [9.17, 15) is 9.59 Å². The molecule has 4 rings (SSSR count). The van der Waals surface area contributed by atoms with Crippen LogP contribution in [0.2, 0.25) is 0 Å². The van der Waals surface area contributed by atoms with E-state index in [-0.39, 0.29) is 11.8 Å². The summed E-state index contributed by atoms with van der Waals surface area (Å²) in [7, 11) is 0. The number of allylic oxidation sites excluding steroid dienone is 1. The van der Waals surface area contributed by atoms with E-state index in [1.165, 1.54) is 0 Å². The lowest BCUT2D eigenvalue weighted by atomic mass is 9.92. The van der Waals surface area contributed by atoms with Crippen LogP contribution in [0.5, 0.6) is 0 Å². The van der Waals surface area contributed by atoms with Crippen LogP contribution in [0.4, 0.5) is 0 Å². The number of rotatable bonds is 1. The quantitative estimate of drug-likeness (QED) is 0.878. The number of amides is 2. The van der Waals surface area contributed by atoms with Gasteiger partial charge in [-0.3, -0.25) is 9.59 Å². The van der Waals surface area contributed by atoms with Crippen LogP contribution < -0.4 is 5.32 Å². The first kappa shape index (κ1) is 13.1. The predicted molar refractivity (Wildman–Crippen MR) is 84.1 cm³/mol. The standard InChI is InChI=1S/C18H16N2O2/c1-11-8-9-15(17(21)19-11)20-10-13-6-2-4-12-5-3-7-14(16(12)13)18(20)22/h2-7,15H,1,8-10H2,(H,19,21). The maximum absolute atomic E-state index is 12.9. The number of carbonyl (C=O) groups is 2. The average Bonchev–Trinajstić information content (AvgIpc) is 2.51. The summed E-state index contributed by atoms with van der Waals surface area (Å²) in [6, 6.07) is 11.4. The third-order valence-corrected chi connectivity index (χ3v) is 4.52. The van der Waals surface area contributed by atoms with Crippen LogP contribution >= 0.6 is 0 Å². The Morgan fingerprint density at radius 2 is 1.91 bits per heavy atom. The van der Waals surface area contributed by atoms with Gasteiger partial charge in [-0.25, -0.2) is 0 Å². The zero-order valence-corrected chi connectivity index (χ0v) is 12.1. The van der Waals surface area contributed by atoms with E-state index < -0.39 is 6.04 Å². The predicted octanol–water partition coefficient (Wildman–Crippen LogP) is 2.59. The molecule has 1 atom stereocenters. The van der Waals surface area contributed by atoms with Gasteiger partial charge in [0.1, 0.15) is 6.04 Å². The Morgan fingerprint density at radius 3 is 2.68 bits per heavy atom. The van der Waals surface area contributed by atoms with Gasteiger partial charge in [-0.1, -0.05) is 36.9 Å². The fraction of sp³-hybridized carbons (Fsp3) is 0.222. The molecule has 2 heterocycles. The highest BCUT2D eigenvalue weighted by Crippen LogP contribution is 2.32. The van der Waals surface area contributed by atoms with Crippen molar-refractivity contribution < 1.29 is 9.59 Å². The molecular weight excluding hydrogens is 276 g/mol. The molecule has 2 aliphatic heterocycles. The van der Waals surface area contributed by atoms with Crippen molar-refractivity contribution in [3.8, 4) is 0 Å². The van der Waals surface area contributed by atoms with E-state index in [1.54, 1.807) is 4.90 Å². The monoisotopic (exact) mass is 292 g/mol. The molecule has 4 heteroatoms. The highest BCUT2D eigenvalue weighted by molar-refractivity contribution is 6.11. The maximum atomic E-state index is 12.9. The number of nitrogens with zero attached hydrogens (tertiary/aromatic N) is 1. The SMILES string of the molecule is C=C1CCC(N2Cc3cccc4cccc(c34)C2=O)C(=O)N1. The molecule has 2 aromatic rings. The van der Waals surface area contributed by atoms with Gasteiger partial charge in [0.25, 0.3) is 5.91 Å². The Morgan fingerprint density at radius 1 is 1.14 bits per heavy atom. The molecule has 1 fully saturated rings. The van der Waals surface area contributed by atoms with Crippen LogP contribution in [0.1, 0.15) is 28.8 Å². The van der Waals surface area contributed by atoms with E-state index in [0.717, 1.165) is 22.0 Å². The third kappa shape index (κ3) is 1.84. The smallest absolute Gasteiger partial charge is 0.255 e. The van der Waals surface area contributed by atoms with Crippen LogP contribution in [0.15, 0.2) is 48.7 Å². The van der Waals surface area contributed by atoms with Crippen molar-refractivity contribution in [3.05, 3.63) is 59.8 Å². The van der Waals surface area contributed by atoms with E-state index >= 15 is 0 Å².